The van der Waals surface area contributed by atoms with Crippen LogP contribution in [0.1, 0.15) is 316 Å². The second-order valence-corrected chi connectivity index (χ2v) is 28.5. The number of carbonyl (C=O) groups is 1. The van der Waals surface area contributed by atoms with Gasteiger partial charge in [-0.1, -0.05) is 287 Å². The first-order chi connectivity index (χ1) is 47.8. The van der Waals surface area contributed by atoms with Crippen molar-refractivity contribution < 1.29 is 89.4 Å². The van der Waals surface area contributed by atoms with Crippen molar-refractivity contribution in [3.63, 3.8) is 0 Å². The fourth-order valence-corrected chi connectivity index (χ4v) is 13.4. The summed E-state index contributed by atoms with van der Waals surface area (Å²) in [4.78, 5) is 13.5. The van der Waals surface area contributed by atoms with Gasteiger partial charge >= 0.3 is 0 Å². The minimum absolute atomic E-state index is 0.233. The Morgan fingerprint density at radius 2 is 0.653 bits per heavy atom. The van der Waals surface area contributed by atoms with Crippen molar-refractivity contribution in [1.29, 1.82) is 0 Å². The number of aliphatic hydroxyl groups excluding tert-OH is 11. The van der Waals surface area contributed by atoms with Gasteiger partial charge < -0.3 is 89.9 Å². The monoisotopic (exact) mass is 1400 g/mol. The minimum Gasteiger partial charge on any atom is -0.394 e. The summed E-state index contributed by atoms with van der Waals surface area (Å²) in [5.74, 6) is -0.286. The van der Waals surface area contributed by atoms with Crippen LogP contribution in [-0.4, -0.2) is 193 Å². The van der Waals surface area contributed by atoms with Crippen molar-refractivity contribution in [2.75, 3.05) is 26.4 Å². The Balaban J connectivity index is 1.41. The quantitative estimate of drug-likeness (QED) is 0.0199. The van der Waals surface area contributed by atoms with E-state index in [1.54, 1.807) is 6.08 Å². The molecule has 574 valence electrons. The molecule has 3 saturated heterocycles. The van der Waals surface area contributed by atoms with E-state index in [-0.39, 0.29) is 18.9 Å². The smallest absolute Gasteiger partial charge is 0.220 e. The molecular weight excluding hydrogens is 1250 g/mol. The fourth-order valence-electron chi connectivity index (χ4n) is 13.4. The molecular formula is C79H145NO18. The third-order valence-electron chi connectivity index (χ3n) is 19.8. The summed E-state index contributed by atoms with van der Waals surface area (Å²) in [7, 11) is 0. The van der Waals surface area contributed by atoms with Crippen molar-refractivity contribution in [1.82, 2.24) is 5.32 Å². The van der Waals surface area contributed by atoms with Gasteiger partial charge in [0, 0.05) is 6.42 Å². The van der Waals surface area contributed by atoms with Gasteiger partial charge in [0.1, 0.15) is 73.2 Å². The summed E-state index contributed by atoms with van der Waals surface area (Å²) >= 11 is 0. The molecule has 0 aromatic rings. The van der Waals surface area contributed by atoms with Crippen molar-refractivity contribution in [3.05, 3.63) is 48.6 Å². The molecule has 0 aromatic carbocycles. The van der Waals surface area contributed by atoms with E-state index in [9.17, 15) is 61.0 Å². The number of amides is 1. The molecule has 17 atom stereocenters. The van der Waals surface area contributed by atoms with Gasteiger partial charge in [0.2, 0.25) is 5.91 Å². The van der Waals surface area contributed by atoms with Gasteiger partial charge in [-0.25, -0.2) is 0 Å². The van der Waals surface area contributed by atoms with E-state index in [1.165, 1.54) is 238 Å². The molecule has 0 bridgehead atoms. The average Bonchev–Trinajstić information content (AvgIpc) is 0.784. The topological polar surface area (TPSA) is 307 Å². The lowest BCUT2D eigenvalue weighted by Crippen LogP contribution is -2.66. The van der Waals surface area contributed by atoms with E-state index in [2.05, 4.69) is 55.6 Å². The fraction of sp³-hybridized carbons (Fsp3) is 0.886. The predicted octanol–water partition coefficient (Wildman–Crippen LogP) is 12.9. The number of unbranched alkanes of at least 4 members (excludes halogenated alkanes) is 41. The molecule has 3 rings (SSSR count). The third-order valence-corrected chi connectivity index (χ3v) is 19.8. The predicted molar refractivity (Wildman–Crippen MR) is 388 cm³/mol. The maximum absolute atomic E-state index is 13.5. The molecule has 0 spiro atoms. The Hall–Kier alpha value is -2.25. The van der Waals surface area contributed by atoms with Gasteiger partial charge in [0.25, 0.3) is 0 Å². The largest absolute Gasteiger partial charge is 0.394 e. The van der Waals surface area contributed by atoms with Crippen molar-refractivity contribution in [2.24, 2.45) is 0 Å². The number of carbonyl (C=O) groups excluding carboxylic acids is 1. The van der Waals surface area contributed by atoms with Crippen LogP contribution in [0.2, 0.25) is 0 Å². The molecule has 17 unspecified atom stereocenters. The molecule has 0 radical (unpaired) electrons. The lowest BCUT2D eigenvalue weighted by atomic mass is 9.96. The number of aliphatic hydroxyl groups is 11. The van der Waals surface area contributed by atoms with Crippen LogP contribution in [0.4, 0.5) is 0 Å². The van der Waals surface area contributed by atoms with Gasteiger partial charge in [0.15, 0.2) is 18.9 Å². The number of allylic oxidation sites excluding steroid dienone is 7. The zero-order valence-electron chi connectivity index (χ0n) is 61.3. The summed E-state index contributed by atoms with van der Waals surface area (Å²) < 4.78 is 34.4. The maximum atomic E-state index is 13.5. The number of ether oxygens (including phenoxy) is 6. The molecule has 19 heteroatoms. The van der Waals surface area contributed by atoms with Crippen LogP contribution in [0.25, 0.3) is 0 Å². The van der Waals surface area contributed by atoms with Crippen LogP contribution >= 0.6 is 0 Å². The molecule has 3 aliphatic heterocycles. The van der Waals surface area contributed by atoms with Crippen LogP contribution in [0, 0.1) is 0 Å². The Morgan fingerprint density at radius 1 is 0.357 bits per heavy atom. The van der Waals surface area contributed by atoms with Gasteiger partial charge in [-0.15, -0.1) is 0 Å². The second kappa shape index (κ2) is 60.1. The van der Waals surface area contributed by atoms with E-state index in [0.29, 0.717) is 12.8 Å². The normalized spacial score (nSPS) is 27.0. The lowest BCUT2D eigenvalue weighted by Gasteiger charge is -2.48. The molecule has 0 aromatic heterocycles. The summed E-state index contributed by atoms with van der Waals surface area (Å²) in [6.45, 7) is 1.75. The average molecular weight is 1400 g/mol. The van der Waals surface area contributed by atoms with E-state index >= 15 is 0 Å². The van der Waals surface area contributed by atoms with Crippen LogP contribution in [0.15, 0.2) is 48.6 Å². The van der Waals surface area contributed by atoms with E-state index < -0.39 is 124 Å². The highest BCUT2D eigenvalue weighted by Crippen LogP contribution is 2.33. The second-order valence-electron chi connectivity index (χ2n) is 28.5. The van der Waals surface area contributed by atoms with Crippen molar-refractivity contribution in [3.8, 4) is 0 Å². The molecule has 19 nitrogen and oxygen atoms in total. The van der Waals surface area contributed by atoms with E-state index in [0.717, 1.165) is 44.9 Å². The Kier molecular flexibility index (Phi) is 55.1. The Labute approximate surface area is 593 Å². The Bertz CT molecular complexity index is 1960. The molecule has 12 N–H and O–H groups in total. The summed E-state index contributed by atoms with van der Waals surface area (Å²) in [5, 5.41) is 121. The number of hydrogen-bond acceptors (Lipinski definition) is 18. The molecule has 0 aliphatic carbocycles. The molecule has 98 heavy (non-hydrogen) atoms. The maximum Gasteiger partial charge on any atom is 0.220 e. The zero-order valence-corrected chi connectivity index (χ0v) is 61.3. The van der Waals surface area contributed by atoms with Crippen molar-refractivity contribution >= 4 is 5.91 Å². The van der Waals surface area contributed by atoms with Gasteiger partial charge in [-0.05, 0) is 70.6 Å². The molecule has 3 heterocycles. The zero-order chi connectivity index (χ0) is 71.1. The third kappa shape index (κ3) is 40.1. The number of nitrogens with one attached hydrogen (secondary N) is 1. The SMILES string of the molecule is CCCCCCCCCC/C=C\CCCCCCCCCCCCCCCC(=O)NC(COC1OC(CO)C(OC2OC(CO)C(OC3OC(CO)C(O)C(O)C3O)C(O)C2O)C(O)C1O)C(O)/C=C/CC/C=C/CC/C=C/CCCCCCCCCCCCCCCCCCCC. The van der Waals surface area contributed by atoms with Crippen LogP contribution in [-0.2, 0) is 33.2 Å². The van der Waals surface area contributed by atoms with Crippen LogP contribution in [0.3, 0.4) is 0 Å². The molecule has 0 saturated carbocycles. The van der Waals surface area contributed by atoms with Crippen LogP contribution in [0.5, 0.6) is 0 Å². The lowest BCUT2D eigenvalue weighted by molar-refractivity contribution is -0.379. The summed E-state index contributed by atoms with van der Waals surface area (Å²) in [5.41, 5.74) is 0. The molecule has 3 fully saturated rings. The number of rotatable bonds is 63. The van der Waals surface area contributed by atoms with Gasteiger partial charge in [-0.2, -0.15) is 0 Å². The standard InChI is InChI=1S/C79H145NO18/c1-3-5-7-9-11-13-15-17-19-21-23-25-27-29-30-31-33-34-36-38-40-42-44-46-48-50-52-54-56-63(84)62(80-67(85)57-55-53-51-49-47-45-43-41-39-37-35-32-28-26-24-22-20-18-16-14-12-10-8-6-4-2)61-93-77-73(91)70(88)75(65(59-82)95-77)98-79-74(92)71(89)76(66(60-83)96-79)97-78-72(90)69(87)68(86)64(58-81)94-78/h22,24,38,40,46,48,54,56,62-66,68-79,81-84,86-92H,3-21,23,25-37,39,41-45,47,49-53,55,57-61H2,1-2H3,(H,80,85)/b24-22-,40-38+,48-46+,56-54+. The highest BCUT2D eigenvalue weighted by atomic mass is 16.8. The first kappa shape index (κ1) is 90.0. The Morgan fingerprint density at radius 3 is 1.02 bits per heavy atom. The van der Waals surface area contributed by atoms with E-state index in [1.807, 2.05) is 6.08 Å². The minimum atomic E-state index is -1.98. The first-order valence-electron chi connectivity index (χ1n) is 39.9. The highest BCUT2D eigenvalue weighted by Gasteiger charge is 2.54. The van der Waals surface area contributed by atoms with E-state index in [4.69, 9.17) is 28.4 Å². The highest BCUT2D eigenvalue weighted by molar-refractivity contribution is 5.76. The molecule has 1 amide bonds. The summed E-state index contributed by atoms with van der Waals surface area (Å²) in [6.07, 6.45) is 48.2. The van der Waals surface area contributed by atoms with Crippen LogP contribution < -0.4 is 5.32 Å². The van der Waals surface area contributed by atoms with Gasteiger partial charge in [-0.3, -0.25) is 4.79 Å². The summed E-state index contributed by atoms with van der Waals surface area (Å²) in [6, 6.07) is -0.998. The number of hydrogen-bond donors (Lipinski definition) is 12. The first-order valence-corrected chi connectivity index (χ1v) is 39.9. The van der Waals surface area contributed by atoms with Crippen molar-refractivity contribution in [2.45, 2.75) is 420 Å². The van der Waals surface area contributed by atoms with Gasteiger partial charge in [0.05, 0.1) is 38.6 Å². The molecule has 3 aliphatic rings.